The maximum atomic E-state index is 9.86. The predicted octanol–water partition coefficient (Wildman–Crippen LogP) is 5.11. The van der Waals surface area contributed by atoms with Crippen molar-refractivity contribution in [3.05, 3.63) is 65.3 Å². The molecule has 0 aliphatic rings. The molecule has 1 aromatic carbocycles. The molecule has 0 amide bonds. The van der Waals surface area contributed by atoms with Crippen molar-refractivity contribution in [3.63, 3.8) is 0 Å². The number of nitrogens with one attached hydrogen (secondary N) is 1. The molecular weight excluding hydrogens is 356 g/mol. The van der Waals surface area contributed by atoms with Crippen molar-refractivity contribution in [1.29, 1.82) is 0 Å². The molecule has 0 saturated heterocycles. The maximum absolute atomic E-state index is 9.86. The highest BCUT2D eigenvalue weighted by molar-refractivity contribution is 7.18. The molecule has 1 atom stereocenters. The molecule has 0 aliphatic carbocycles. The van der Waals surface area contributed by atoms with Crippen molar-refractivity contribution in [2.75, 3.05) is 5.32 Å². The Balaban J connectivity index is 1.82. The first kappa shape index (κ1) is 17.6. The SMILES string of the molecule is CCc1cc2c(Nc3cccc(C(C)O)c3)nc(-c3cccnc3)nc2s1. The van der Waals surface area contributed by atoms with Crippen molar-refractivity contribution >= 4 is 33.1 Å². The fourth-order valence-electron chi connectivity index (χ4n) is 2.88. The molecule has 27 heavy (non-hydrogen) atoms. The normalized spacial score (nSPS) is 12.3. The molecule has 5 nitrogen and oxygen atoms in total. The summed E-state index contributed by atoms with van der Waals surface area (Å²) in [6.45, 7) is 3.90. The summed E-state index contributed by atoms with van der Waals surface area (Å²) in [5.41, 5.74) is 2.62. The molecule has 0 fully saturated rings. The molecule has 3 heterocycles. The number of aliphatic hydroxyl groups excluding tert-OH is 1. The van der Waals surface area contributed by atoms with Gasteiger partial charge in [-0.05, 0) is 49.2 Å². The number of fused-ring (bicyclic) bond motifs is 1. The van der Waals surface area contributed by atoms with Crippen LogP contribution in [-0.4, -0.2) is 20.1 Å². The van der Waals surface area contributed by atoms with Crippen molar-refractivity contribution in [1.82, 2.24) is 15.0 Å². The largest absolute Gasteiger partial charge is 0.389 e. The van der Waals surface area contributed by atoms with E-state index < -0.39 is 6.10 Å². The third kappa shape index (κ3) is 3.67. The zero-order valence-corrected chi connectivity index (χ0v) is 16.0. The van der Waals surface area contributed by atoms with Crippen molar-refractivity contribution in [3.8, 4) is 11.4 Å². The minimum absolute atomic E-state index is 0.518. The molecule has 0 spiro atoms. The van der Waals surface area contributed by atoms with Gasteiger partial charge >= 0.3 is 0 Å². The lowest BCUT2D eigenvalue weighted by Crippen LogP contribution is -1.99. The standard InChI is InChI=1S/C21H20N4OS/c1-3-17-11-18-20(23-16-8-4-6-14(10-16)13(2)26)24-19(25-21(18)27-17)15-7-5-9-22-12-15/h4-13,26H,3H2,1-2H3,(H,23,24,25). The average Bonchev–Trinajstić information content (AvgIpc) is 3.12. The lowest BCUT2D eigenvalue weighted by atomic mass is 10.1. The summed E-state index contributed by atoms with van der Waals surface area (Å²) in [7, 11) is 0. The second kappa shape index (κ2) is 7.42. The van der Waals surface area contributed by atoms with Crippen LogP contribution in [0.1, 0.15) is 30.4 Å². The number of aromatic nitrogens is 3. The van der Waals surface area contributed by atoms with Crippen LogP contribution in [0.15, 0.2) is 54.9 Å². The molecule has 1 unspecified atom stereocenters. The summed E-state index contributed by atoms with van der Waals surface area (Å²) < 4.78 is 0. The summed E-state index contributed by atoms with van der Waals surface area (Å²) in [4.78, 5) is 15.9. The maximum Gasteiger partial charge on any atom is 0.164 e. The van der Waals surface area contributed by atoms with Gasteiger partial charge < -0.3 is 10.4 Å². The van der Waals surface area contributed by atoms with E-state index in [0.717, 1.165) is 39.3 Å². The quantitative estimate of drug-likeness (QED) is 0.506. The van der Waals surface area contributed by atoms with E-state index >= 15 is 0 Å². The van der Waals surface area contributed by atoms with Gasteiger partial charge in [-0.1, -0.05) is 19.1 Å². The van der Waals surface area contributed by atoms with Crippen LogP contribution in [0.3, 0.4) is 0 Å². The van der Waals surface area contributed by atoms with Crippen LogP contribution >= 0.6 is 11.3 Å². The van der Waals surface area contributed by atoms with Crippen LogP contribution in [-0.2, 0) is 6.42 Å². The monoisotopic (exact) mass is 376 g/mol. The van der Waals surface area contributed by atoms with E-state index in [0.29, 0.717) is 5.82 Å². The number of nitrogens with zero attached hydrogens (tertiary/aromatic N) is 3. The van der Waals surface area contributed by atoms with E-state index in [2.05, 4.69) is 23.3 Å². The third-order valence-corrected chi connectivity index (χ3v) is 5.52. The minimum Gasteiger partial charge on any atom is -0.389 e. The lowest BCUT2D eigenvalue weighted by Gasteiger charge is -2.11. The fourth-order valence-corrected chi connectivity index (χ4v) is 3.85. The van der Waals surface area contributed by atoms with Gasteiger partial charge in [-0.3, -0.25) is 4.98 Å². The van der Waals surface area contributed by atoms with Gasteiger partial charge in [0.1, 0.15) is 10.6 Å². The lowest BCUT2D eigenvalue weighted by molar-refractivity contribution is 0.199. The van der Waals surface area contributed by atoms with Crippen molar-refractivity contribution in [2.45, 2.75) is 26.4 Å². The average molecular weight is 376 g/mol. The van der Waals surface area contributed by atoms with Crippen LogP contribution in [0, 0.1) is 0 Å². The number of aliphatic hydroxyl groups is 1. The van der Waals surface area contributed by atoms with Gasteiger partial charge in [0.05, 0.1) is 11.5 Å². The number of aryl methyl sites for hydroxylation is 1. The Morgan fingerprint density at radius 1 is 1.15 bits per heavy atom. The van der Waals surface area contributed by atoms with E-state index in [1.165, 1.54) is 4.88 Å². The highest BCUT2D eigenvalue weighted by Crippen LogP contribution is 2.33. The Labute approximate surface area is 161 Å². The highest BCUT2D eigenvalue weighted by Gasteiger charge is 2.13. The Hall–Kier alpha value is -2.83. The van der Waals surface area contributed by atoms with Gasteiger partial charge in [-0.25, -0.2) is 9.97 Å². The molecule has 0 saturated carbocycles. The van der Waals surface area contributed by atoms with Gasteiger partial charge in [-0.2, -0.15) is 0 Å². The molecule has 0 radical (unpaired) electrons. The van der Waals surface area contributed by atoms with E-state index in [1.807, 2.05) is 36.4 Å². The summed E-state index contributed by atoms with van der Waals surface area (Å²) in [5.74, 6) is 1.41. The molecule has 3 aromatic heterocycles. The third-order valence-electron chi connectivity index (χ3n) is 4.34. The van der Waals surface area contributed by atoms with Gasteiger partial charge in [0.25, 0.3) is 0 Å². The number of anilines is 2. The number of hydrogen-bond acceptors (Lipinski definition) is 6. The highest BCUT2D eigenvalue weighted by atomic mass is 32.1. The first-order chi connectivity index (χ1) is 13.1. The minimum atomic E-state index is -0.518. The number of hydrogen-bond donors (Lipinski definition) is 2. The molecule has 136 valence electrons. The van der Waals surface area contributed by atoms with Gasteiger partial charge in [0.2, 0.25) is 0 Å². The fraction of sp³-hybridized carbons (Fsp3) is 0.190. The summed E-state index contributed by atoms with van der Waals surface area (Å²) in [6.07, 6.45) is 3.95. The summed E-state index contributed by atoms with van der Waals surface area (Å²) >= 11 is 1.69. The van der Waals surface area contributed by atoms with Gasteiger partial charge in [-0.15, -0.1) is 11.3 Å². The first-order valence-corrected chi connectivity index (χ1v) is 9.71. The van der Waals surface area contributed by atoms with E-state index in [4.69, 9.17) is 9.97 Å². The molecule has 6 heteroatoms. The topological polar surface area (TPSA) is 70.9 Å². The van der Waals surface area contributed by atoms with Crippen molar-refractivity contribution in [2.24, 2.45) is 0 Å². The van der Waals surface area contributed by atoms with Crippen LogP contribution in [0.5, 0.6) is 0 Å². The molecule has 0 bridgehead atoms. The smallest absolute Gasteiger partial charge is 0.164 e. The molecule has 4 rings (SSSR count). The molecule has 4 aromatic rings. The zero-order valence-electron chi connectivity index (χ0n) is 15.2. The van der Waals surface area contributed by atoms with Crippen LogP contribution in [0.2, 0.25) is 0 Å². The number of thiophene rings is 1. The Morgan fingerprint density at radius 2 is 2.04 bits per heavy atom. The van der Waals surface area contributed by atoms with E-state index in [9.17, 15) is 5.11 Å². The van der Waals surface area contributed by atoms with Gasteiger partial charge in [0.15, 0.2) is 5.82 Å². The molecule has 0 aliphatic heterocycles. The summed E-state index contributed by atoms with van der Waals surface area (Å²) in [6, 6.07) is 13.7. The predicted molar refractivity (Wildman–Crippen MR) is 110 cm³/mol. The van der Waals surface area contributed by atoms with E-state index in [1.54, 1.807) is 30.7 Å². The number of benzene rings is 1. The Kier molecular flexibility index (Phi) is 4.83. The Bertz CT molecular complexity index is 1080. The first-order valence-electron chi connectivity index (χ1n) is 8.90. The summed E-state index contributed by atoms with van der Waals surface area (Å²) in [5, 5.41) is 14.3. The molecule has 2 N–H and O–H groups in total. The van der Waals surface area contributed by atoms with Crippen LogP contribution < -0.4 is 5.32 Å². The van der Waals surface area contributed by atoms with E-state index in [-0.39, 0.29) is 0 Å². The van der Waals surface area contributed by atoms with Crippen LogP contribution in [0.25, 0.3) is 21.6 Å². The van der Waals surface area contributed by atoms with Crippen molar-refractivity contribution < 1.29 is 5.11 Å². The second-order valence-electron chi connectivity index (χ2n) is 6.35. The van der Waals surface area contributed by atoms with Gasteiger partial charge in [0, 0.05) is 28.5 Å². The number of pyridine rings is 1. The van der Waals surface area contributed by atoms with Crippen LogP contribution in [0.4, 0.5) is 11.5 Å². The second-order valence-corrected chi connectivity index (χ2v) is 7.46. The molecular formula is C21H20N4OS. The Morgan fingerprint density at radius 3 is 2.78 bits per heavy atom. The number of rotatable bonds is 5. The zero-order chi connectivity index (χ0) is 18.8.